The van der Waals surface area contributed by atoms with Gasteiger partial charge >= 0.3 is 12.6 Å². The van der Waals surface area contributed by atoms with E-state index in [2.05, 4.69) is 4.74 Å². The van der Waals surface area contributed by atoms with E-state index >= 15 is 0 Å². The number of esters is 1. The summed E-state index contributed by atoms with van der Waals surface area (Å²) in [7, 11) is 0. The van der Waals surface area contributed by atoms with Gasteiger partial charge in [0.05, 0.1) is 4.92 Å². The summed E-state index contributed by atoms with van der Waals surface area (Å²) in [4.78, 5) is 35.9. The van der Waals surface area contributed by atoms with Gasteiger partial charge in [-0.15, -0.1) is 0 Å². The van der Waals surface area contributed by atoms with Crippen LogP contribution < -0.4 is 4.74 Å². The zero-order chi connectivity index (χ0) is 24.3. The number of Topliss-reactive ketones (excluding diaryl/α,β-unsaturated/α-hetero) is 1. The van der Waals surface area contributed by atoms with Crippen molar-refractivity contribution in [1.82, 2.24) is 4.57 Å². The molecule has 0 aliphatic carbocycles. The number of ketones is 1. The Bertz CT molecular complexity index is 1200. The molecular weight excluding hydrogens is 438 g/mol. The molecule has 33 heavy (non-hydrogen) atoms. The van der Waals surface area contributed by atoms with Gasteiger partial charge in [0.15, 0.2) is 6.10 Å². The number of hydrogen-bond acceptors (Lipinski definition) is 6. The number of para-hydroxylation sites is 1. The zero-order valence-electron chi connectivity index (χ0n) is 18.0. The number of aromatic nitrogens is 1. The fraction of sp³-hybridized carbons (Fsp3) is 0.217. The van der Waals surface area contributed by atoms with Crippen LogP contribution in [0, 0.1) is 24.0 Å². The second kappa shape index (κ2) is 9.60. The number of benzene rings is 2. The number of carbonyl (C=O) groups is 2. The normalized spacial score (nSPS) is 11.8. The van der Waals surface area contributed by atoms with Gasteiger partial charge in [-0.25, -0.2) is 4.79 Å². The number of nitro groups is 1. The first-order valence-corrected chi connectivity index (χ1v) is 9.83. The van der Waals surface area contributed by atoms with Crippen molar-refractivity contribution < 1.29 is 32.8 Å². The molecule has 8 nitrogen and oxygen atoms in total. The summed E-state index contributed by atoms with van der Waals surface area (Å²) in [6.07, 6.45) is -1.20. The summed E-state index contributed by atoms with van der Waals surface area (Å²) in [6, 6.07) is 12.9. The van der Waals surface area contributed by atoms with Crippen LogP contribution in [-0.4, -0.2) is 34.0 Å². The molecule has 0 aliphatic rings. The molecule has 2 aromatic carbocycles. The highest BCUT2D eigenvalue weighted by Gasteiger charge is 2.27. The van der Waals surface area contributed by atoms with Gasteiger partial charge in [0, 0.05) is 28.7 Å². The molecule has 0 aliphatic heterocycles. The van der Waals surface area contributed by atoms with Crippen molar-refractivity contribution in [2.45, 2.75) is 33.5 Å². The molecule has 0 spiro atoms. The van der Waals surface area contributed by atoms with Crippen molar-refractivity contribution in [3.8, 4) is 11.4 Å². The molecule has 0 amide bonds. The Balaban J connectivity index is 1.82. The largest absolute Gasteiger partial charge is 0.450 e. The van der Waals surface area contributed by atoms with E-state index in [1.165, 1.54) is 43.3 Å². The van der Waals surface area contributed by atoms with Gasteiger partial charge in [0.2, 0.25) is 5.78 Å². The van der Waals surface area contributed by atoms with Gasteiger partial charge in [0.25, 0.3) is 5.69 Å². The molecule has 3 rings (SSSR count). The lowest BCUT2D eigenvalue weighted by Crippen LogP contribution is -2.25. The van der Waals surface area contributed by atoms with Crippen LogP contribution in [-0.2, 0) is 4.74 Å². The van der Waals surface area contributed by atoms with Crippen molar-refractivity contribution in [1.29, 1.82) is 0 Å². The van der Waals surface area contributed by atoms with Gasteiger partial charge in [-0.05, 0) is 57.2 Å². The van der Waals surface area contributed by atoms with Crippen LogP contribution in [0.2, 0.25) is 0 Å². The summed E-state index contributed by atoms with van der Waals surface area (Å²) < 4.78 is 36.0. The summed E-state index contributed by atoms with van der Waals surface area (Å²) in [5, 5.41) is 11.1. The monoisotopic (exact) mass is 458 g/mol. The third-order valence-corrected chi connectivity index (χ3v) is 4.99. The van der Waals surface area contributed by atoms with Gasteiger partial charge < -0.3 is 14.0 Å². The van der Waals surface area contributed by atoms with Crippen LogP contribution in [0.4, 0.5) is 14.5 Å². The van der Waals surface area contributed by atoms with Gasteiger partial charge in [0.1, 0.15) is 11.3 Å². The Morgan fingerprint density at radius 2 is 1.67 bits per heavy atom. The topological polar surface area (TPSA) is 101 Å². The first-order valence-electron chi connectivity index (χ1n) is 9.83. The molecule has 1 aromatic heterocycles. The Labute approximate surface area is 187 Å². The fourth-order valence-electron chi connectivity index (χ4n) is 3.49. The summed E-state index contributed by atoms with van der Waals surface area (Å²) in [6.45, 7) is 1.91. The molecule has 0 saturated carbocycles. The number of nitro benzene ring substituents is 1. The highest BCUT2D eigenvalue weighted by molar-refractivity contribution is 6.03. The summed E-state index contributed by atoms with van der Waals surface area (Å²) >= 11 is 0. The minimum atomic E-state index is -2.93. The number of alkyl halides is 2. The minimum Gasteiger partial charge on any atom is -0.450 e. The molecule has 10 heteroatoms. The van der Waals surface area contributed by atoms with Crippen molar-refractivity contribution >= 4 is 17.4 Å². The lowest BCUT2D eigenvalue weighted by Gasteiger charge is -2.14. The first-order chi connectivity index (χ1) is 15.6. The van der Waals surface area contributed by atoms with E-state index in [-0.39, 0.29) is 11.3 Å². The third kappa shape index (κ3) is 5.05. The summed E-state index contributed by atoms with van der Waals surface area (Å²) in [5.74, 6) is -1.46. The predicted molar refractivity (Wildman–Crippen MR) is 114 cm³/mol. The maximum Gasteiger partial charge on any atom is 0.387 e. The minimum absolute atomic E-state index is 0.00283. The number of ether oxygens (including phenoxy) is 2. The van der Waals surface area contributed by atoms with E-state index in [1.54, 1.807) is 36.6 Å². The van der Waals surface area contributed by atoms with Crippen molar-refractivity contribution in [3.63, 3.8) is 0 Å². The molecule has 1 unspecified atom stereocenters. The molecule has 0 saturated heterocycles. The Morgan fingerprint density at radius 3 is 2.27 bits per heavy atom. The number of rotatable bonds is 8. The maximum atomic E-state index is 13.0. The van der Waals surface area contributed by atoms with Crippen LogP contribution >= 0.6 is 0 Å². The van der Waals surface area contributed by atoms with E-state index in [9.17, 15) is 28.5 Å². The molecule has 0 bridgehead atoms. The van der Waals surface area contributed by atoms with E-state index in [0.717, 1.165) is 0 Å². The second-order valence-corrected chi connectivity index (χ2v) is 7.18. The quantitative estimate of drug-likeness (QED) is 0.203. The standard InChI is InChI=1S/C23H20F2N2O6/c1-13-12-19(14(2)26(13)16-8-10-17(11-9-16)33-23(24)25)21(28)15(3)32-22(29)18-6-4-5-7-20(18)27(30)31/h4-12,15,23H,1-3H3. The van der Waals surface area contributed by atoms with Crippen LogP contribution in [0.1, 0.15) is 39.0 Å². The molecule has 172 valence electrons. The van der Waals surface area contributed by atoms with Crippen LogP contribution in [0.5, 0.6) is 5.75 Å². The Hall–Kier alpha value is -4.08. The SMILES string of the molecule is Cc1cc(C(=O)C(C)OC(=O)c2ccccc2[N+](=O)[O-])c(C)n1-c1ccc(OC(F)F)cc1. The molecule has 0 N–H and O–H groups in total. The lowest BCUT2D eigenvalue weighted by atomic mass is 10.1. The Kier molecular flexibility index (Phi) is 6.86. The van der Waals surface area contributed by atoms with E-state index in [1.807, 2.05) is 0 Å². The third-order valence-electron chi connectivity index (χ3n) is 4.99. The van der Waals surface area contributed by atoms with Gasteiger partial charge in [-0.3, -0.25) is 14.9 Å². The van der Waals surface area contributed by atoms with Crippen molar-refractivity contribution in [2.75, 3.05) is 0 Å². The van der Waals surface area contributed by atoms with Gasteiger partial charge in [-0.1, -0.05) is 12.1 Å². The highest BCUT2D eigenvalue weighted by atomic mass is 19.3. The van der Waals surface area contributed by atoms with Crippen LogP contribution in [0.3, 0.4) is 0 Å². The predicted octanol–water partition coefficient (Wildman–Crippen LogP) is 5.03. The number of aryl methyl sites for hydroxylation is 1. The average molecular weight is 458 g/mol. The number of nitrogens with zero attached hydrogens (tertiary/aromatic N) is 2. The highest BCUT2D eigenvalue weighted by Crippen LogP contribution is 2.25. The second-order valence-electron chi connectivity index (χ2n) is 7.18. The lowest BCUT2D eigenvalue weighted by molar-refractivity contribution is -0.385. The molecular formula is C23H20F2N2O6. The molecule has 0 fully saturated rings. The number of carbonyl (C=O) groups excluding carboxylic acids is 2. The molecule has 1 atom stereocenters. The van der Waals surface area contributed by atoms with E-state index in [4.69, 9.17) is 4.74 Å². The smallest absolute Gasteiger partial charge is 0.387 e. The first kappa shape index (κ1) is 23.6. The zero-order valence-corrected chi connectivity index (χ0v) is 18.0. The molecule has 0 radical (unpaired) electrons. The number of halogens is 2. The summed E-state index contributed by atoms with van der Waals surface area (Å²) in [5.41, 5.74) is 1.49. The molecule has 1 heterocycles. The maximum absolute atomic E-state index is 13.0. The van der Waals surface area contributed by atoms with Gasteiger partial charge in [-0.2, -0.15) is 8.78 Å². The van der Waals surface area contributed by atoms with E-state index in [0.29, 0.717) is 22.6 Å². The van der Waals surface area contributed by atoms with Crippen molar-refractivity contribution in [2.24, 2.45) is 0 Å². The van der Waals surface area contributed by atoms with Crippen LogP contribution in [0.15, 0.2) is 54.6 Å². The molecule has 3 aromatic rings. The number of hydrogen-bond donors (Lipinski definition) is 0. The average Bonchev–Trinajstić information content (AvgIpc) is 3.07. The van der Waals surface area contributed by atoms with Crippen molar-refractivity contribution in [3.05, 3.63) is 87.2 Å². The van der Waals surface area contributed by atoms with Crippen LogP contribution in [0.25, 0.3) is 5.69 Å². The Morgan fingerprint density at radius 1 is 1.03 bits per heavy atom. The fourth-order valence-corrected chi connectivity index (χ4v) is 3.49. The van der Waals surface area contributed by atoms with E-state index < -0.39 is 35.1 Å².